The van der Waals surface area contributed by atoms with Crippen LogP contribution in [0.5, 0.6) is 0 Å². The molecule has 6 heteroatoms. The van der Waals surface area contributed by atoms with Gasteiger partial charge in [-0.3, -0.25) is 13.6 Å². The molecule has 1 rings (SSSR count). The van der Waals surface area contributed by atoms with Crippen molar-refractivity contribution in [2.24, 2.45) is 5.73 Å². The summed E-state index contributed by atoms with van der Waals surface area (Å²) >= 11 is 0. The van der Waals surface area contributed by atoms with Crippen LogP contribution in [0, 0.1) is 0 Å². The van der Waals surface area contributed by atoms with Gasteiger partial charge in [0, 0.05) is 20.6 Å². The van der Waals surface area contributed by atoms with Gasteiger partial charge in [0.2, 0.25) is 0 Å². The lowest BCUT2D eigenvalue weighted by Crippen LogP contribution is -2.25. The van der Waals surface area contributed by atoms with E-state index in [-0.39, 0.29) is 0 Å². The molecular weight excluding hydrogens is 229 g/mol. The summed E-state index contributed by atoms with van der Waals surface area (Å²) < 4.78 is 25.9. The predicted molar refractivity (Wildman–Crippen MR) is 60.8 cm³/mol. The Balaban J connectivity index is 2.54. The maximum Gasteiger partial charge on any atom is 0.475 e. The molecule has 0 saturated heterocycles. The quantitative estimate of drug-likeness (QED) is 0.612. The van der Waals surface area contributed by atoms with Gasteiger partial charge in [-0.15, -0.1) is 0 Å². The number of rotatable bonds is 6. The van der Waals surface area contributed by atoms with Crippen molar-refractivity contribution in [3.63, 3.8) is 0 Å². The highest BCUT2D eigenvalue weighted by Gasteiger charge is 2.26. The van der Waals surface area contributed by atoms with E-state index in [0.29, 0.717) is 6.42 Å². The molecule has 0 bridgehead atoms. The minimum Gasteiger partial charge on any atom is -0.305 e. The molecule has 16 heavy (non-hydrogen) atoms. The minimum absolute atomic E-state index is 0.442. The fourth-order valence-corrected chi connectivity index (χ4v) is 1.94. The van der Waals surface area contributed by atoms with Crippen LogP contribution in [0.3, 0.4) is 0 Å². The first-order valence-corrected chi connectivity index (χ1v) is 6.25. The summed E-state index contributed by atoms with van der Waals surface area (Å²) in [6.45, 7) is 0. The number of benzene rings is 1. The highest BCUT2D eigenvalue weighted by molar-refractivity contribution is 7.48. The van der Waals surface area contributed by atoms with Crippen molar-refractivity contribution < 1.29 is 18.1 Å². The van der Waals surface area contributed by atoms with Crippen LogP contribution in [0.15, 0.2) is 30.3 Å². The summed E-state index contributed by atoms with van der Waals surface area (Å²) in [5.74, 6) is 0. The molecule has 0 aliphatic heterocycles. The third kappa shape index (κ3) is 4.04. The van der Waals surface area contributed by atoms with Crippen LogP contribution >= 0.6 is 7.82 Å². The van der Waals surface area contributed by atoms with E-state index in [1.807, 2.05) is 30.3 Å². The third-order valence-electron chi connectivity index (χ3n) is 1.99. The van der Waals surface area contributed by atoms with E-state index in [9.17, 15) is 4.57 Å². The van der Waals surface area contributed by atoms with Crippen molar-refractivity contribution in [2.75, 3.05) is 14.2 Å². The molecule has 90 valence electrons. The molecule has 1 aromatic carbocycles. The first kappa shape index (κ1) is 13.4. The maximum absolute atomic E-state index is 11.6. The Hall–Kier alpha value is -0.710. The molecule has 1 unspecified atom stereocenters. The molecule has 0 aromatic heterocycles. The second-order valence-corrected chi connectivity index (χ2v) is 4.98. The fourth-order valence-electron chi connectivity index (χ4n) is 1.21. The largest absolute Gasteiger partial charge is 0.475 e. The van der Waals surface area contributed by atoms with Crippen molar-refractivity contribution in [2.45, 2.75) is 12.6 Å². The standard InChI is InChI=1S/C10H16NO4P/c1-13-16(12,14-2)15-10(11)8-9-6-4-3-5-7-9/h3-7,10H,8,11H2,1-2H3. The molecule has 2 N–H and O–H groups in total. The zero-order valence-electron chi connectivity index (χ0n) is 9.33. The van der Waals surface area contributed by atoms with Gasteiger partial charge in [-0.2, -0.15) is 0 Å². The van der Waals surface area contributed by atoms with Crippen molar-refractivity contribution in [1.82, 2.24) is 0 Å². The lowest BCUT2D eigenvalue weighted by Gasteiger charge is -2.18. The number of phosphoric ester groups is 1. The third-order valence-corrected chi connectivity index (χ3v) is 3.41. The molecule has 0 saturated carbocycles. The Morgan fingerprint density at radius 2 is 1.81 bits per heavy atom. The summed E-state index contributed by atoms with van der Waals surface area (Å²) in [5.41, 5.74) is 6.68. The second kappa shape index (κ2) is 6.13. The molecule has 1 atom stereocenters. The van der Waals surface area contributed by atoms with Gasteiger partial charge in [0.1, 0.15) is 6.23 Å². The second-order valence-electron chi connectivity index (χ2n) is 3.15. The van der Waals surface area contributed by atoms with Crippen LogP contribution in [0.4, 0.5) is 0 Å². The Kier molecular flexibility index (Phi) is 5.12. The highest BCUT2D eigenvalue weighted by Crippen LogP contribution is 2.48. The molecular formula is C10H16NO4P. The van der Waals surface area contributed by atoms with E-state index < -0.39 is 14.1 Å². The topological polar surface area (TPSA) is 70.8 Å². The monoisotopic (exact) mass is 245 g/mol. The minimum atomic E-state index is -3.50. The predicted octanol–water partition coefficient (Wildman–Crippen LogP) is 1.93. The van der Waals surface area contributed by atoms with Gasteiger partial charge in [0.15, 0.2) is 0 Å². The Bertz CT molecular complexity index is 349. The van der Waals surface area contributed by atoms with Gasteiger partial charge in [-0.1, -0.05) is 30.3 Å². The summed E-state index contributed by atoms with van der Waals surface area (Å²) in [5, 5.41) is 0. The van der Waals surface area contributed by atoms with Crippen molar-refractivity contribution in [3.8, 4) is 0 Å². The van der Waals surface area contributed by atoms with Gasteiger partial charge >= 0.3 is 7.82 Å². The first-order valence-electron chi connectivity index (χ1n) is 4.79. The zero-order chi connectivity index (χ0) is 12.0. The molecule has 0 radical (unpaired) electrons. The lowest BCUT2D eigenvalue weighted by atomic mass is 10.1. The fraction of sp³-hybridized carbons (Fsp3) is 0.400. The van der Waals surface area contributed by atoms with Gasteiger partial charge in [0.05, 0.1) is 0 Å². The van der Waals surface area contributed by atoms with Gasteiger partial charge in [0.25, 0.3) is 0 Å². The summed E-state index contributed by atoms with van der Waals surface area (Å²) in [4.78, 5) is 0. The number of hydrogen-bond donors (Lipinski definition) is 1. The van der Waals surface area contributed by atoms with Gasteiger partial charge in [-0.05, 0) is 5.56 Å². The van der Waals surface area contributed by atoms with Crippen LogP contribution in [0.1, 0.15) is 5.56 Å². The van der Waals surface area contributed by atoms with E-state index in [1.54, 1.807) is 0 Å². The molecule has 5 nitrogen and oxygen atoms in total. The number of phosphoric acid groups is 1. The molecule has 0 spiro atoms. The Morgan fingerprint density at radius 3 is 2.31 bits per heavy atom. The molecule has 0 aliphatic rings. The molecule has 0 heterocycles. The summed E-state index contributed by atoms with van der Waals surface area (Å²) in [6.07, 6.45) is -0.287. The average molecular weight is 245 g/mol. The smallest absolute Gasteiger partial charge is 0.305 e. The van der Waals surface area contributed by atoms with Crippen molar-refractivity contribution in [3.05, 3.63) is 35.9 Å². The van der Waals surface area contributed by atoms with E-state index in [4.69, 9.17) is 10.3 Å². The average Bonchev–Trinajstić information content (AvgIpc) is 2.30. The lowest BCUT2D eigenvalue weighted by molar-refractivity contribution is 0.108. The van der Waals surface area contributed by atoms with Crippen LogP contribution in [0.2, 0.25) is 0 Å². The van der Waals surface area contributed by atoms with Gasteiger partial charge in [-0.25, -0.2) is 4.57 Å². The Morgan fingerprint density at radius 1 is 1.25 bits per heavy atom. The van der Waals surface area contributed by atoms with E-state index >= 15 is 0 Å². The first-order chi connectivity index (χ1) is 7.59. The molecule has 1 aromatic rings. The van der Waals surface area contributed by atoms with Crippen molar-refractivity contribution in [1.29, 1.82) is 0 Å². The van der Waals surface area contributed by atoms with E-state index in [2.05, 4.69) is 9.05 Å². The SMILES string of the molecule is COP(=O)(OC)OC(N)Cc1ccccc1. The summed E-state index contributed by atoms with van der Waals surface area (Å²) in [6, 6.07) is 9.52. The number of nitrogens with two attached hydrogens (primary N) is 1. The van der Waals surface area contributed by atoms with Crippen LogP contribution in [-0.2, 0) is 24.6 Å². The Labute approximate surface area is 95.1 Å². The van der Waals surface area contributed by atoms with Crippen LogP contribution in [-0.4, -0.2) is 20.4 Å². The van der Waals surface area contributed by atoms with Gasteiger partial charge < -0.3 is 5.73 Å². The van der Waals surface area contributed by atoms with Crippen LogP contribution in [0.25, 0.3) is 0 Å². The maximum atomic E-state index is 11.6. The molecule has 0 aliphatic carbocycles. The normalized spacial score (nSPS) is 13.7. The van der Waals surface area contributed by atoms with E-state index in [0.717, 1.165) is 5.56 Å². The molecule has 0 fully saturated rings. The molecule has 0 amide bonds. The highest BCUT2D eigenvalue weighted by atomic mass is 31.2. The van der Waals surface area contributed by atoms with E-state index in [1.165, 1.54) is 14.2 Å². The zero-order valence-corrected chi connectivity index (χ0v) is 10.2. The van der Waals surface area contributed by atoms with Crippen LogP contribution < -0.4 is 5.73 Å². The number of hydrogen-bond acceptors (Lipinski definition) is 5. The van der Waals surface area contributed by atoms with Crippen molar-refractivity contribution >= 4 is 7.82 Å². The summed E-state index contributed by atoms with van der Waals surface area (Å²) in [7, 11) is -1.00.